The highest BCUT2D eigenvalue weighted by Gasteiger charge is 2.34. The number of aliphatic hydroxyl groups is 1. The molecule has 2 rings (SSSR count). The maximum atomic E-state index is 13.4. The number of aryl methyl sites for hydroxylation is 1. The molecule has 1 aromatic carbocycles. The predicted molar refractivity (Wildman–Crippen MR) is 98.6 cm³/mol. The number of anilines is 1. The van der Waals surface area contributed by atoms with Crippen LogP contribution < -0.4 is 10.6 Å². The number of rotatable bonds is 8. The predicted octanol–water partition coefficient (Wildman–Crippen LogP) is 2.16. The van der Waals surface area contributed by atoms with Crippen molar-refractivity contribution < 1.29 is 37.1 Å². The Kier molecular flexibility index (Phi) is 7.11. The first-order valence-corrected chi connectivity index (χ1v) is 8.68. The van der Waals surface area contributed by atoms with Crippen molar-refractivity contribution in [3.63, 3.8) is 0 Å². The van der Waals surface area contributed by atoms with E-state index in [4.69, 9.17) is 5.11 Å². The van der Waals surface area contributed by atoms with E-state index in [1.807, 2.05) is 0 Å². The molecule has 1 heterocycles. The van der Waals surface area contributed by atoms with E-state index in [2.05, 4.69) is 10.6 Å². The lowest BCUT2D eigenvalue weighted by atomic mass is 10.1. The Morgan fingerprint density at radius 3 is 2.50 bits per heavy atom. The maximum absolute atomic E-state index is 13.4. The molecule has 0 aliphatic rings. The first-order valence-electron chi connectivity index (χ1n) is 8.68. The largest absolute Gasteiger partial charge is 0.419 e. The Morgan fingerprint density at radius 1 is 1.27 bits per heavy atom. The van der Waals surface area contributed by atoms with E-state index in [0.29, 0.717) is 18.4 Å². The highest BCUT2D eigenvalue weighted by atomic mass is 19.4. The lowest BCUT2D eigenvalue weighted by Crippen LogP contribution is -2.44. The van der Waals surface area contributed by atoms with Crippen molar-refractivity contribution in [3.05, 3.63) is 53.1 Å². The van der Waals surface area contributed by atoms with Crippen molar-refractivity contribution in [2.24, 2.45) is 7.05 Å². The second kappa shape index (κ2) is 9.18. The van der Waals surface area contributed by atoms with Gasteiger partial charge in [-0.15, -0.1) is 0 Å². The summed E-state index contributed by atoms with van der Waals surface area (Å²) in [4.78, 5) is 36.1. The molecule has 1 unspecified atom stereocenters. The molecule has 0 fully saturated rings. The van der Waals surface area contributed by atoms with Crippen molar-refractivity contribution in [2.75, 3.05) is 11.9 Å². The van der Waals surface area contributed by atoms with Crippen LogP contribution in [0.2, 0.25) is 0 Å². The molecule has 30 heavy (non-hydrogen) atoms. The fourth-order valence-electron chi connectivity index (χ4n) is 2.66. The van der Waals surface area contributed by atoms with Gasteiger partial charge in [-0.2, -0.15) is 13.2 Å². The van der Waals surface area contributed by atoms with Gasteiger partial charge >= 0.3 is 6.18 Å². The third-order valence-electron chi connectivity index (χ3n) is 4.21. The van der Waals surface area contributed by atoms with Crippen LogP contribution in [0, 0.1) is 5.82 Å². The molecule has 1 amide bonds. The molecule has 7 nitrogen and oxygen atoms in total. The fourth-order valence-corrected chi connectivity index (χ4v) is 2.66. The standard InChI is InChI=1S/C19H19F4N3O4/c1-10(8-27)24-15(9-28)17(29)11-5-16(26(2)7-11)18(30)25-12-3-4-14(20)13(6-12)19(21,22)23/h3-7,9-10,15,24,27H,8H2,1-2H3,(H,25,30)/t10-,15?/m1/s1. The van der Waals surface area contributed by atoms with E-state index in [9.17, 15) is 31.9 Å². The van der Waals surface area contributed by atoms with Crippen LogP contribution in [0.25, 0.3) is 0 Å². The van der Waals surface area contributed by atoms with E-state index < -0.39 is 41.3 Å². The number of hydrogen-bond donors (Lipinski definition) is 3. The molecule has 3 N–H and O–H groups in total. The minimum absolute atomic E-state index is 0.00692. The molecular formula is C19H19F4N3O4. The number of ketones is 1. The van der Waals surface area contributed by atoms with Gasteiger partial charge in [0.25, 0.3) is 5.91 Å². The van der Waals surface area contributed by atoms with Gasteiger partial charge in [0.2, 0.25) is 0 Å². The number of aliphatic hydroxyl groups excluding tert-OH is 1. The monoisotopic (exact) mass is 429 g/mol. The van der Waals surface area contributed by atoms with Gasteiger partial charge in [-0.3, -0.25) is 14.9 Å². The number of Topliss-reactive ketones (excluding diaryl/α,β-unsaturated/α-hetero) is 1. The average molecular weight is 429 g/mol. The Bertz CT molecular complexity index is 956. The molecular weight excluding hydrogens is 410 g/mol. The van der Waals surface area contributed by atoms with Crippen LogP contribution >= 0.6 is 0 Å². The van der Waals surface area contributed by atoms with E-state index in [0.717, 1.165) is 6.07 Å². The van der Waals surface area contributed by atoms with Gasteiger partial charge in [-0.05, 0) is 31.2 Å². The third kappa shape index (κ3) is 5.30. The van der Waals surface area contributed by atoms with Crippen LogP contribution in [-0.2, 0) is 18.0 Å². The number of amides is 1. The van der Waals surface area contributed by atoms with Gasteiger partial charge in [0, 0.05) is 30.5 Å². The van der Waals surface area contributed by atoms with E-state index in [1.165, 1.54) is 23.9 Å². The highest BCUT2D eigenvalue weighted by molar-refractivity contribution is 6.11. The van der Waals surface area contributed by atoms with Crippen LogP contribution in [0.3, 0.4) is 0 Å². The molecule has 162 valence electrons. The van der Waals surface area contributed by atoms with Gasteiger partial charge in [-0.25, -0.2) is 4.39 Å². The summed E-state index contributed by atoms with van der Waals surface area (Å²) in [6.07, 6.45) is -3.29. The second-order valence-corrected chi connectivity index (χ2v) is 6.60. The lowest BCUT2D eigenvalue weighted by Gasteiger charge is -2.15. The number of carbonyl (C=O) groups is 3. The van der Waals surface area contributed by atoms with E-state index in [-0.39, 0.29) is 23.6 Å². The number of nitrogens with zero attached hydrogens (tertiary/aromatic N) is 1. The quantitative estimate of drug-likeness (QED) is 0.259. The number of alkyl halides is 3. The Hall–Kier alpha value is -3.05. The molecule has 11 heteroatoms. The van der Waals surface area contributed by atoms with E-state index >= 15 is 0 Å². The Balaban J connectivity index is 2.23. The number of aldehydes is 1. The molecule has 1 aromatic heterocycles. The van der Waals surface area contributed by atoms with Crippen molar-refractivity contribution >= 4 is 23.7 Å². The molecule has 2 aromatic rings. The fraction of sp³-hybridized carbons (Fsp3) is 0.316. The molecule has 0 aliphatic heterocycles. The topological polar surface area (TPSA) is 100 Å². The van der Waals surface area contributed by atoms with Crippen LogP contribution in [-0.4, -0.2) is 46.3 Å². The normalized spacial score (nSPS) is 13.6. The number of halogens is 4. The average Bonchev–Trinajstić information content (AvgIpc) is 3.07. The first kappa shape index (κ1) is 23.2. The van der Waals surface area contributed by atoms with Crippen molar-refractivity contribution in [1.82, 2.24) is 9.88 Å². The minimum atomic E-state index is -4.93. The third-order valence-corrected chi connectivity index (χ3v) is 4.21. The van der Waals surface area contributed by atoms with Crippen molar-refractivity contribution in [2.45, 2.75) is 25.2 Å². The highest BCUT2D eigenvalue weighted by Crippen LogP contribution is 2.33. The van der Waals surface area contributed by atoms with Gasteiger partial charge in [0.05, 0.1) is 12.2 Å². The minimum Gasteiger partial charge on any atom is -0.395 e. The summed E-state index contributed by atoms with van der Waals surface area (Å²) < 4.78 is 53.1. The summed E-state index contributed by atoms with van der Waals surface area (Å²) in [5.74, 6) is -2.96. The summed E-state index contributed by atoms with van der Waals surface area (Å²) in [6, 6.07) is 1.41. The van der Waals surface area contributed by atoms with Crippen LogP contribution in [0.15, 0.2) is 30.5 Å². The maximum Gasteiger partial charge on any atom is 0.419 e. The second-order valence-electron chi connectivity index (χ2n) is 6.60. The zero-order valence-electron chi connectivity index (χ0n) is 16.0. The number of aromatic nitrogens is 1. The zero-order valence-corrected chi connectivity index (χ0v) is 16.0. The van der Waals surface area contributed by atoms with Gasteiger partial charge in [0.1, 0.15) is 23.8 Å². The molecule has 0 radical (unpaired) electrons. The molecule has 2 atom stereocenters. The SMILES string of the molecule is C[C@H](CO)NC(C=O)C(=O)c1cc(C(=O)Nc2ccc(F)c(C(F)(F)F)c2)n(C)c1. The molecule has 0 bridgehead atoms. The number of carbonyl (C=O) groups excluding carboxylic acids is 3. The summed E-state index contributed by atoms with van der Waals surface area (Å²) in [5, 5.41) is 13.9. The molecule has 0 saturated carbocycles. The number of nitrogens with one attached hydrogen (secondary N) is 2. The van der Waals surface area contributed by atoms with Crippen LogP contribution in [0.1, 0.15) is 33.3 Å². The summed E-state index contributed by atoms with van der Waals surface area (Å²) in [5.41, 5.74) is -1.88. The summed E-state index contributed by atoms with van der Waals surface area (Å²) in [6.45, 7) is 1.25. The van der Waals surface area contributed by atoms with Crippen LogP contribution in [0.4, 0.5) is 23.2 Å². The van der Waals surface area contributed by atoms with Crippen molar-refractivity contribution in [3.8, 4) is 0 Å². The smallest absolute Gasteiger partial charge is 0.395 e. The Morgan fingerprint density at radius 2 is 1.93 bits per heavy atom. The summed E-state index contributed by atoms with van der Waals surface area (Å²) in [7, 11) is 1.43. The van der Waals surface area contributed by atoms with Crippen molar-refractivity contribution in [1.29, 1.82) is 0 Å². The first-order chi connectivity index (χ1) is 14.0. The zero-order chi connectivity index (χ0) is 22.6. The van der Waals surface area contributed by atoms with Gasteiger partial charge in [0.15, 0.2) is 5.78 Å². The van der Waals surface area contributed by atoms with Gasteiger partial charge < -0.3 is 19.8 Å². The summed E-state index contributed by atoms with van der Waals surface area (Å²) >= 11 is 0. The lowest BCUT2D eigenvalue weighted by molar-refractivity contribution is -0.139. The van der Waals surface area contributed by atoms with Crippen LogP contribution in [0.5, 0.6) is 0 Å². The number of benzene rings is 1. The molecule has 0 saturated heterocycles. The van der Waals surface area contributed by atoms with E-state index in [1.54, 1.807) is 6.92 Å². The Labute approximate surface area is 168 Å². The van der Waals surface area contributed by atoms with Gasteiger partial charge in [-0.1, -0.05) is 0 Å². The molecule has 0 spiro atoms. The molecule has 0 aliphatic carbocycles. The number of hydrogen-bond acceptors (Lipinski definition) is 5.